The predicted molar refractivity (Wildman–Crippen MR) is 90.2 cm³/mol. The maximum Gasteiger partial charge on any atom is 0.233 e. The van der Waals surface area contributed by atoms with Crippen molar-refractivity contribution in [1.29, 1.82) is 0 Å². The summed E-state index contributed by atoms with van der Waals surface area (Å²) in [6, 6.07) is 6.53. The van der Waals surface area contributed by atoms with Crippen molar-refractivity contribution in [2.75, 3.05) is 19.7 Å². The van der Waals surface area contributed by atoms with Crippen molar-refractivity contribution in [2.45, 2.75) is 13.5 Å². The fourth-order valence-electron chi connectivity index (χ4n) is 2.50. The van der Waals surface area contributed by atoms with E-state index in [2.05, 4.69) is 55.9 Å². The summed E-state index contributed by atoms with van der Waals surface area (Å²) in [6.45, 7) is 5.82. The Labute approximate surface area is 143 Å². The Bertz CT molecular complexity index is 662. The first-order valence-electron chi connectivity index (χ1n) is 7.18. The fourth-order valence-corrected chi connectivity index (χ4v) is 3.07. The molecule has 1 saturated heterocycles. The van der Waals surface area contributed by atoms with Gasteiger partial charge >= 0.3 is 0 Å². The first kappa shape index (κ1) is 15.7. The molecule has 0 N–H and O–H groups in total. The summed E-state index contributed by atoms with van der Waals surface area (Å²) >= 11 is 9.36. The van der Waals surface area contributed by atoms with E-state index in [1.54, 1.807) is 6.20 Å². The van der Waals surface area contributed by atoms with E-state index in [1.165, 1.54) is 21.8 Å². The van der Waals surface area contributed by atoms with E-state index in [0.717, 1.165) is 19.6 Å². The van der Waals surface area contributed by atoms with E-state index in [9.17, 15) is 0 Å². The number of hydrogen-bond donors (Lipinski definition) is 0. The minimum Gasteiger partial charge on any atom is -0.476 e. The number of aromatic nitrogens is 2. The largest absolute Gasteiger partial charge is 0.476 e. The normalized spacial score (nSPS) is 15.6. The average Bonchev–Trinajstić information content (AvgIpc) is 2.45. The number of ether oxygens (including phenoxy) is 1. The SMILES string of the molecule is Cc1ccc(CN2CC(COc3cncc(Cl)n3)C2)cc1Br. The van der Waals surface area contributed by atoms with Crippen molar-refractivity contribution in [3.8, 4) is 5.88 Å². The zero-order chi connectivity index (χ0) is 15.5. The highest BCUT2D eigenvalue weighted by molar-refractivity contribution is 9.10. The van der Waals surface area contributed by atoms with Crippen LogP contribution in [0.3, 0.4) is 0 Å². The molecule has 0 amide bonds. The predicted octanol–water partition coefficient (Wildman–Crippen LogP) is 3.71. The Morgan fingerprint density at radius 1 is 1.36 bits per heavy atom. The molecular weight excluding hydrogens is 366 g/mol. The van der Waals surface area contributed by atoms with E-state index in [0.29, 0.717) is 23.6 Å². The molecule has 0 bridgehead atoms. The van der Waals surface area contributed by atoms with E-state index in [1.807, 2.05) is 0 Å². The minimum atomic E-state index is 0.359. The van der Waals surface area contributed by atoms with Crippen molar-refractivity contribution < 1.29 is 4.74 Å². The first-order valence-corrected chi connectivity index (χ1v) is 8.35. The van der Waals surface area contributed by atoms with Gasteiger partial charge in [-0.3, -0.25) is 9.88 Å². The van der Waals surface area contributed by atoms with Crippen LogP contribution in [0.15, 0.2) is 35.1 Å². The van der Waals surface area contributed by atoms with Crippen LogP contribution in [-0.2, 0) is 6.54 Å². The monoisotopic (exact) mass is 381 g/mol. The molecule has 0 spiro atoms. The van der Waals surface area contributed by atoms with Gasteiger partial charge < -0.3 is 4.74 Å². The highest BCUT2D eigenvalue weighted by Gasteiger charge is 2.27. The number of likely N-dealkylation sites (tertiary alicyclic amines) is 1. The lowest BCUT2D eigenvalue weighted by Gasteiger charge is -2.39. The number of benzene rings is 1. The van der Waals surface area contributed by atoms with Gasteiger partial charge in [-0.1, -0.05) is 39.7 Å². The second-order valence-corrected chi connectivity index (χ2v) is 6.88. The Morgan fingerprint density at radius 2 is 2.18 bits per heavy atom. The molecule has 1 aromatic heterocycles. The van der Waals surface area contributed by atoms with Gasteiger partial charge in [-0.05, 0) is 24.1 Å². The third kappa shape index (κ3) is 3.97. The summed E-state index contributed by atoms with van der Waals surface area (Å²) in [7, 11) is 0. The van der Waals surface area contributed by atoms with E-state index in [4.69, 9.17) is 16.3 Å². The van der Waals surface area contributed by atoms with Crippen LogP contribution < -0.4 is 4.74 Å². The molecule has 2 heterocycles. The zero-order valence-electron chi connectivity index (χ0n) is 12.3. The molecule has 3 rings (SSSR count). The summed E-state index contributed by atoms with van der Waals surface area (Å²) in [5.41, 5.74) is 2.60. The quantitative estimate of drug-likeness (QED) is 0.790. The van der Waals surface area contributed by atoms with Crippen molar-refractivity contribution >= 4 is 27.5 Å². The Kier molecular flexibility index (Phi) is 4.96. The van der Waals surface area contributed by atoms with Crippen LogP contribution in [0, 0.1) is 12.8 Å². The Morgan fingerprint density at radius 3 is 2.91 bits per heavy atom. The second-order valence-electron chi connectivity index (χ2n) is 5.63. The van der Waals surface area contributed by atoms with Crippen molar-refractivity contribution in [1.82, 2.24) is 14.9 Å². The molecule has 6 heteroatoms. The second kappa shape index (κ2) is 6.94. The van der Waals surface area contributed by atoms with Crippen molar-refractivity contribution in [3.05, 3.63) is 51.3 Å². The summed E-state index contributed by atoms with van der Waals surface area (Å²) in [5.74, 6) is 1.03. The lowest BCUT2D eigenvalue weighted by Crippen LogP contribution is -2.48. The fraction of sp³-hybridized carbons (Fsp3) is 0.375. The molecule has 4 nitrogen and oxygen atoms in total. The molecule has 0 radical (unpaired) electrons. The van der Waals surface area contributed by atoms with Gasteiger partial charge in [0.1, 0.15) is 0 Å². The number of rotatable bonds is 5. The van der Waals surface area contributed by atoms with Gasteiger partial charge in [-0.2, -0.15) is 4.98 Å². The van der Waals surface area contributed by atoms with Crippen LogP contribution in [0.4, 0.5) is 0 Å². The van der Waals surface area contributed by atoms with Crippen LogP contribution in [-0.4, -0.2) is 34.6 Å². The lowest BCUT2D eigenvalue weighted by atomic mass is 10.00. The molecule has 0 atom stereocenters. The van der Waals surface area contributed by atoms with Gasteiger partial charge in [0.25, 0.3) is 0 Å². The van der Waals surface area contributed by atoms with Crippen LogP contribution in [0.5, 0.6) is 5.88 Å². The van der Waals surface area contributed by atoms with Crippen LogP contribution in [0.1, 0.15) is 11.1 Å². The molecular formula is C16H17BrClN3O. The van der Waals surface area contributed by atoms with E-state index in [-0.39, 0.29) is 0 Å². The topological polar surface area (TPSA) is 38.2 Å². The number of hydrogen-bond acceptors (Lipinski definition) is 4. The van der Waals surface area contributed by atoms with Crippen LogP contribution in [0.25, 0.3) is 0 Å². The lowest BCUT2D eigenvalue weighted by molar-refractivity contribution is 0.0542. The van der Waals surface area contributed by atoms with E-state index >= 15 is 0 Å². The molecule has 0 aliphatic carbocycles. The van der Waals surface area contributed by atoms with Crippen LogP contribution in [0.2, 0.25) is 5.15 Å². The maximum absolute atomic E-state index is 5.78. The number of nitrogens with zero attached hydrogens (tertiary/aromatic N) is 3. The third-order valence-electron chi connectivity index (χ3n) is 3.73. The highest BCUT2D eigenvalue weighted by Crippen LogP contribution is 2.23. The molecule has 1 aliphatic heterocycles. The molecule has 0 unspecified atom stereocenters. The molecule has 1 fully saturated rings. The third-order valence-corrected chi connectivity index (χ3v) is 4.76. The van der Waals surface area contributed by atoms with Crippen LogP contribution >= 0.6 is 27.5 Å². The minimum absolute atomic E-state index is 0.359. The van der Waals surface area contributed by atoms with Crippen molar-refractivity contribution in [2.24, 2.45) is 5.92 Å². The smallest absolute Gasteiger partial charge is 0.233 e. The summed E-state index contributed by atoms with van der Waals surface area (Å²) in [6.07, 6.45) is 3.09. The molecule has 1 aromatic carbocycles. The summed E-state index contributed by atoms with van der Waals surface area (Å²) in [5, 5.41) is 0.359. The number of aryl methyl sites for hydroxylation is 1. The van der Waals surface area contributed by atoms with E-state index < -0.39 is 0 Å². The summed E-state index contributed by atoms with van der Waals surface area (Å²) < 4.78 is 6.80. The summed E-state index contributed by atoms with van der Waals surface area (Å²) in [4.78, 5) is 10.4. The van der Waals surface area contributed by atoms with Crippen molar-refractivity contribution in [3.63, 3.8) is 0 Å². The molecule has 116 valence electrons. The Hall–Kier alpha value is -1.17. The van der Waals surface area contributed by atoms with Gasteiger partial charge in [-0.15, -0.1) is 0 Å². The van der Waals surface area contributed by atoms with Gasteiger partial charge in [0, 0.05) is 30.0 Å². The number of halogens is 2. The Balaban J connectivity index is 1.43. The molecule has 2 aromatic rings. The molecule has 0 saturated carbocycles. The zero-order valence-corrected chi connectivity index (χ0v) is 14.6. The van der Waals surface area contributed by atoms with Gasteiger partial charge in [0.05, 0.1) is 19.0 Å². The van der Waals surface area contributed by atoms with Gasteiger partial charge in [-0.25, -0.2) is 0 Å². The standard InChI is InChI=1S/C16H17BrClN3O/c1-11-2-3-12(4-14(11)17)7-21-8-13(9-21)10-22-16-6-19-5-15(18)20-16/h2-6,13H,7-10H2,1H3. The average molecular weight is 383 g/mol. The first-order chi connectivity index (χ1) is 10.6. The molecule has 1 aliphatic rings. The highest BCUT2D eigenvalue weighted by atomic mass is 79.9. The molecule has 22 heavy (non-hydrogen) atoms. The maximum atomic E-state index is 5.78. The van der Waals surface area contributed by atoms with Gasteiger partial charge in [0.2, 0.25) is 5.88 Å². The van der Waals surface area contributed by atoms with Gasteiger partial charge in [0.15, 0.2) is 5.15 Å².